The van der Waals surface area contributed by atoms with Crippen molar-refractivity contribution in [2.24, 2.45) is 0 Å². The number of hydrogen-bond acceptors (Lipinski definition) is 3. The van der Waals surface area contributed by atoms with Crippen LogP contribution < -0.4 is 5.32 Å². The molecule has 7 heteroatoms. The molecule has 0 radical (unpaired) electrons. The number of amides is 2. The first kappa shape index (κ1) is 22.1. The maximum atomic E-state index is 13.1. The third-order valence-corrected chi connectivity index (χ3v) is 6.70. The quantitative estimate of drug-likeness (QED) is 0.690. The fourth-order valence-electron chi connectivity index (χ4n) is 4.46. The Morgan fingerprint density at radius 2 is 1.71 bits per heavy atom. The number of nitrogens with one attached hydrogen (secondary N) is 1. The van der Waals surface area contributed by atoms with Gasteiger partial charge in [-0.05, 0) is 68.1 Å². The van der Waals surface area contributed by atoms with Crippen LogP contribution >= 0.6 is 23.2 Å². The first-order valence-electron chi connectivity index (χ1n) is 10.9. The molecule has 0 bridgehead atoms. The van der Waals surface area contributed by atoms with E-state index in [1.54, 1.807) is 23.1 Å². The zero-order valence-corrected chi connectivity index (χ0v) is 19.0. The van der Waals surface area contributed by atoms with Gasteiger partial charge in [0.25, 0.3) is 5.91 Å². The number of carbonyl (C=O) groups is 2. The lowest BCUT2D eigenvalue weighted by Crippen LogP contribution is -2.45. The Bertz CT molecular complexity index is 960. The normalized spacial score (nSPS) is 19.0. The SMILES string of the molecule is O=C(NCc1ccccc1CN1CCCC1)C1CCCN1C(=O)c1cc(Cl)ccc1Cl. The van der Waals surface area contributed by atoms with Crippen LogP contribution in [0.2, 0.25) is 10.0 Å². The molecule has 0 spiro atoms. The van der Waals surface area contributed by atoms with Crippen molar-refractivity contribution in [3.05, 3.63) is 69.2 Å². The Balaban J connectivity index is 1.41. The van der Waals surface area contributed by atoms with Crippen molar-refractivity contribution in [3.63, 3.8) is 0 Å². The van der Waals surface area contributed by atoms with Crippen LogP contribution in [0.5, 0.6) is 0 Å². The minimum atomic E-state index is -0.492. The topological polar surface area (TPSA) is 52.7 Å². The van der Waals surface area contributed by atoms with Gasteiger partial charge >= 0.3 is 0 Å². The van der Waals surface area contributed by atoms with Crippen molar-refractivity contribution < 1.29 is 9.59 Å². The summed E-state index contributed by atoms with van der Waals surface area (Å²) < 4.78 is 0. The molecule has 2 aliphatic heterocycles. The summed E-state index contributed by atoms with van der Waals surface area (Å²) in [6, 6.07) is 12.6. The van der Waals surface area contributed by atoms with Gasteiger partial charge in [0.15, 0.2) is 0 Å². The Labute approximate surface area is 193 Å². The van der Waals surface area contributed by atoms with Gasteiger partial charge in [0, 0.05) is 24.7 Å². The number of halogens is 2. The van der Waals surface area contributed by atoms with E-state index < -0.39 is 6.04 Å². The minimum Gasteiger partial charge on any atom is -0.350 e. The number of likely N-dealkylation sites (tertiary alicyclic amines) is 2. The van der Waals surface area contributed by atoms with Crippen LogP contribution in [0.25, 0.3) is 0 Å². The second-order valence-electron chi connectivity index (χ2n) is 8.25. The molecular weight excluding hydrogens is 433 g/mol. The van der Waals surface area contributed by atoms with Crippen molar-refractivity contribution in [1.82, 2.24) is 15.1 Å². The highest BCUT2D eigenvalue weighted by Crippen LogP contribution is 2.26. The fourth-order valence-corrected chi connectivity index (χ4v) is 4.83. The van der Waals surface area contributed by atoms with Gasteiger partial charge in [-0.3, -0.25) is 14.5 Å². The largest absolute Gasteiger partial charge is 0.350 e. The lowest BCUT2D eigenvalue weighted by atomic mass is 10.1. The molecule has 2 aromatic rings. The number of rotatable bonds is 6. The van der Waals surface area contributed by atoms with Crippen LogP contribution in [0.1, 0.15) is 47.2 Å². The number of nitrogens with zero attached hydrogens (tertiary/aromatic N) is 2. The molecule has 2 aliphatic rings. The van der Waals surface area contributed by atoms with Crippen LogP contribution in [-0.4, -0.2) is 47.3 Å². The van der Waals surface area contributed by atoms with Crippen molar-refractivity contribution in [2.75, 3.05) is 19.6 Å². The molecule has 5 nitrogen and oxygen atoms in total. The van der Waals surface area contributed by atoms with Gasteiger partial charge in [0.1, 0.15) is 6.04 Å². The Kier molecular flexibility index (Phi) is 7.16. The van der Waals surface area contributed by atoms with Gasteiger partial charge in [-0.2, -0.15) is 0 Å². The van der Waals surface area contributed by atoms with Crippen LogP contribution in [0.4, 0.5) is 0 Å². The highest BCUT2D eigenvalue weighted by Gasteiger charge is 2.35. The summed E-state index contributed by atoms with van der Waals surface area (Å²) in [5, 5.41) is 3.85. The molecule has 2 heterocycles. The molecule has 1 unspecified atom stereocenters. The molecule has 0 aliphatic carbocycles. The molecule has 31 heavy (non-hydrogen) atoms. The van der Waals surface area contributed by atoms with E-state index in [-0.39, 0.29) is 11.8 Å². The van der Waals surface area contributed by atoms with E-state index in [1.807, 2.05) is 12.1 Å². The minimum absolute atomic E-state index is 0.125. The Morgan fingerprint density at radius 3 is 2.48 bits per heavy atom. The Morgan fingerprint density at radius 1 is 0.968 bits per heavy atom. The van der Waals surface area contributed by atoms with Gasteiger partial charge < -0.3 is 10.2 Å². The molecule has 1 N–H and O–H groups in total. The van der Waals surface area contributed by atoms with Crippen LogP contribution in [0.15, 0.2) is 42.5 Å². The summed E-state index contributed by atoms with van der Waals surface area (Å²) >= 11 is 12.3. The van der Waals surface area contributed by atoms with E-state index in [9.17, 15) is 9.59 Å². The van der Waals surface area contributed by atoms with E-state index >= 15 is 0 Å². The van der Waals surface area contributed by atoms with Crippen molar-refractivity contribution in [3.8, 4) is 0 Å². The summed E-state index contributed by atoms with van der Waals surface area (Å²) in [5.74, 6) is -0.375. The van der Waals surface area contributed by atoms with Gasteiger partial charge in [-0.1, -0.05) is 47.5 Å². The average Bonchev–Trinajstić information content (AvgIpc) is 3.46. The predicted molar refractivity (Wildman–Crippen MR) is 123 cm³/mol. The highest BCUT2D eigenvalue weighted by molar-refractivity contribution is 6.35. The van der Waals surface area contributed by atoms with Gasteiger partial charge in [-0.25, -0.2) is 0 Å². The maximum Gasteiger partial charge on any atom is 0.256 e. The summed E-state index contributed by atoms with van der Waals surface area (Å²) in [5.41, 5.74) is 2.70. The monoisotopic (exact) mass is 459 g/mol. The second kappa shape index (κ2) is 10.0. The summed E-state index contributed by atoms with van der Waals surface area (Å²) in [6.07, 6.45) is 3.93. The maximum absolute atomic E-state index is 13.1. The molecule has 4 rings (SSSR count). The average molecular weight is 460 g/mol. The molecule has 1 atom stereocenters. The molecule has 2 aromatic carbocycles. The first-order valence-corrected chi connectivity index (χ1v) is 11.6. The third kappa shape index (κ3) is 5.22. The molecule has 0 aromatic heterocycles. The smallest absolute Gasteiger partial charge is 0.256 e. The first-order chi connectivity index (χ1) is 15.0. The van der Waals surface area contributed by atoms with Crippen molar-refractivity contribution >= 4 is 35.0 Å². The number of carbonyl (C=O) groups excluding carboxylic acids is 2. The van der Waals surface area contributed by atoms with E-state index in [0.29, 0.717) is 35.1 Å². The van der Waals surface area contributed by atoms with Gasteiger partial charge in [0.2, 0.25) is 5.91 Å². The summed E-state index contributed by atoms with van der Waals surface area (Å²) in [6.45, 7) is 4.16. The molecule has 0 saturated carbocycles. The van der Waals surface area contributed by atoms with E-state index in [0.717, 1.165) is 31.6 Å². The molecule has 2 amide bonds. The van der Waals surface area contributed by atoms with Crippen LogP contribution in [0.3, 0.4) is 0 Å². The van der Waals surface area contributed by atoms with Crippen molar-refractivity contribution in [2.45, 2.75) is 44.8 Å². The third-order valence-electron chi connectivity index (χ3n) is 6.14. The summed E-state index contributed by atoms with van der Waals surface area (Å²) in [4.78, 5) is 30.1. The molecule has 164 valence electrons. The Hall–Kier alpha value is -2.08. The predicted octanol–water partition coefficient (Wildman–Crippen LogP) is 4.51. The van der Waals surface area contributed by atoms with Gasteiger partial charge in [-0.15, -0.1) is 0 Å². The van der Waals surface area contributed by atoms with E-state index in [2.05, 4.69) is 22.3 Å². The highest BCUT2D eigenvalue weighted by atomic mass is 35.5. The zero-order chi connectivity index (χ0) is 21.8. The molecule has 2 fully saturated rings. The standard InChI is InChI=1S/C24H27Cl2N3O2/c25-19-9-10-21(26)20(14-19)24(31)29-13-5-8-22(29)23(30)27-15-17-6-1-2-7-18(17)16-28-11-3-4-12-28/h1-2,6-7,9-10,14,22H,3-5,8,11-13,15-16H2,(H,27,30). The number of benzene rings is 2. The van der Waals surface area contributed by atoms with Crippen LogP contribution in [-0.2, 0) is 17.9 Å². The van der Waals surface area contributed by atoms with Gasteiger partial charge in [0.05, 0.1) is 10.6 Å². The van der Waals surface area contributed by atoms with E-state index in [4.69, 9.17) is 23.2 Å². The van der Waals surface area contributed by atoms with Crippen LogP contribution in [0, 0.1) is 0 Å². The lowest BCUT2D eigenvalue weighted by molar-refractivity contribution is -0.125. The second-order valence-corrected chi connectivity index (χ2v) is 9.09. The fraction of sp³-hybridized carbons (Fsp3) is 0.417. The molecule has 2 saturated heterocycles. The zero-order valence-electron chi connectivity index (χ0n) is 17.4. The van der Waals surface area contributed by atoms with E-state index in [1.165, 1.54) is 18.4 Å². The molecular formula is C24H27Cl2N3O2. The summed E-state index contributed by atoms with van der Waals surface area (Å²) in [7, 11) is 0. The lowest BCUT2D eigenvalue weighted by Gasteiger charge is -2.25. The van der Waals surface area contributed by atoms with Crippen molar-refractivity contribution in [1.29, 1.82) is 0 Å². The number of hydrogen-bond donors (Lipinski definition) is 1.